The van der Waals surface area contributed by atoms with Crippen molar-refractivity contribution in [2.75, 3.05) is 37.8 Å². The van der Waals surface area contributed by atoms with Gasteiger partial charge in [0.05, 0.1) is 13.2 Å². The summed E-state index contributed by atoms with van der Waals surface area (Å²) in [6.07, 6.45) is -2.67. The van der Waals surface area contributed by atoms with E-state index in [4.69, 9.17) is 10.8 Å². The summed E-state index contributed by atoms with van der Waals surface area (Å²) in [5.74, 6) is -0.660. The molecule has 6 nitrogen and oxygen atoms in total. The number of aromatic nitrogens is 1. The van der Waals surface area contributed by atoms with Crippen LogP contribution >= 0.6 is 11.3 Å². The van der Waals surface area contributed by atoms with Crippen molar-refractivity contribution in [2.45, 2.75) is 6.43 Å². The van der Waals surface area contributed by atoms with E-state index in [0.717, 1.165) is 16.2 Å². The van der Waals surface area contributed by atoms with Crippen LogP contribution < -0.4 is 11.1 Å². The first-order valence-electron chi connectivity index (χ1n) is 5.12. The molecule has 0 unspecified atom stereocenters. The number of rotatable bonds is 6. The Bertz CT molecular complexity index is 413. The van der Waals surface area contributed by atoms with Gasteiger partial charge in [-0.3, -0.25) is 4.79 Å². The van der Waals surface area contributed by atoms with E-state index >= 15 is 0 Å². The Morgan fingerprint density at radius 3 is 2.78 bits per heavy atom. The van der Waals surface area contributed by atoms with Crippen molar-refractivity contribution >= 4 is 28.2 Å². The number of halogens is 2. The summed E-state index contributed by atoms with van der Waals surface area (Å²) in [6.45, 7) is -1.31. The SMILES string of the molecule is CNc1nc(N)c(C(=O)N(CCO)CC(F)F)s1. The molecule has 0 aliphatic rings. The Morgan fingerprint density at radius 1 is 1.67 bits per heavy atom. The van der Waals surface area contributed by atoms with Gasteiger partial charge in [0, 0.05) is 13.6 Å². The van der Waals surface area contributed by atoms with Gasteiger partial charge in [-0.1, -0.05) is 11.3 Å². The molecule has 0 saturated heterocycles. The summed E-state index contributed by atoms with van der Waals surface area (Å²) in [5.41, 5.74) is 5.54. The number of carbonyl (C=O) groups excluding carboxylic acids is 1. The van der Waals surface area contributed by atoms with Gasteiger partial charge in [-0.2, -0.15) is 0 Å². The summed E-state index contributed by atoms with van der Waals surface area (Å²) in [5, 5.41) is 11.9. The van der Waals surface area contributed by atoms with Crippen LogP contribution in [0.4, 0.5) is 19.7 Å². The van der Waals surface area contributed by atoms with E-state index in [-0.39, 0.29) is 17.2 Å². The number of aliphatic hydroxyl groups is 1. The maximum atomic E-state index is 12.3. The number of nitrogens with two attached hydrogens (primary N) is 1. The first-order valence-corrected chi connectivity index (χ1v) is 5.93. The zero-order chi connectivity index (χ0) is 13.7. The molecule has 1 heterocycles. The van der Waals surface area contributed by atoms with E-state index in [2.05, 4.69) is 10.3 Å². The molecular formula is C9H14F2N4O2S. The molecule has 0 radical (unpaired) electrons. The second kappa shape index (κ2) is 6.45. The maximum absolute atomic E-state index is 12.3. The Labute approximate surface area is 106 Å². The number of hydrogen-bond donors (Lipinski definition) is 3. The van der Waals surface area contributed by atoms with Crippen LogP contribution in [0.5, 0.6) is 0 Å². The zero-order valence-electron chi connectivity index (χ0n) is 9.69. The van der Waals surface area contributed by atoms with Crippen molar-refractivity contribution in [3.8, 4) is 0 Å². The molecule has 0 atom stereocenters. The first-order chi connectivity index (χ1) is 8.49. The third-order valence-corrected chi connectivity index (χ3v) is 3.15. The monoisotopic (exact) mass is 280 g/mol. The van der Waals surface area contributed by atoms with Crippen LogP contribution in [0.25, 0.3) is 0 Å². The van der Waals surface area contributed by atoms with E-state index in [9.17, 15) is 13.6 Å². The van der Waals surface area contributed by atoms with Gasteiger partial charge in [-0.25, -0.2) is 13.8 Å². The van der Waals surface area contributed by atoms with E-state index < -0.39 is 25.5 Å². The lowest BCUT2D eigenvalue weighted by atomic mass is 10.4. The zero-order valence-corrected chi connectivity index (χ0v) is 10.5. The highest BCUT2D eigenvalue weighted by molar-refractivity contribution is 7.18. The molecule has 0 saturated carbocycles. The number of nitrogen functional groups attached to an aromatic ring is 1. The smallest absolute Gasteiger partial charge is 0.268 e. The van der Waals surface area contributed by atoms with Gasteiger partial charge in [-0.15, -0.1) is 0 Å². The van der Waals surface area contributed by atoms with E-state index in [1.165, 1.54) is 0 Å². The quantitative estimate of drug-likeness (QED) is 0.704. The first kappa shape index (κ1) is 14.6. The molecule has 1 aromatic heterocycles. The normalized spacial score (nSPS) is 10.7. The van der Waals surface area contributed by atoms with Gasteiger partial charge in [0.2, 0.25) is 0 Å². The third-order valence-electron chi connectivity index (χ3n) is 2.08. The molecule has 9 heteroatoms. The minimum atomic E-state index is -2.67. The van der Waals surface area contributed by atoms with Crippen molar-refractivity contribution < 1.29 is 18.7 Å². The second-order valence-electron chi connectivity index (χ2n) is 3.35. The second-order valence-corrected chi connectivity index (χ2v) is 4.35. The molecular weight excluding hydrogens is 266 g/mol. The molecule has 0 spiro atoms. The number of carbonyl (C=O) groups is 1. The number of nitrogens with one attached hydrogen (secondary N) is 1. The number of amides is 1. The van der Waals surface area contributed by atoms with Gasteiger partial charge in [0.1, 0.15) is 10.7 Å². The number of thiazole rings is 1. The molecule has 18 heavy (non-hydrogen) atoms. The van der Waals surface area contributed by atoms with E-state index in [1.807, 2.05) is 0 Å². The average molecular weight is 280 g/mol. The fourth-order valence-electron chi connectivity index (χ4n) is 1.30. The maximum Gasteiger partial charge on any atom is 0.268 e. The van der Waals surface area contributed by atoms with Crippen LogP contribution in [0.2, 0.25) is 0 Å². The van der Waals surface area contributed by atoms with Crippen molar-refractivity contribution in [2.24, 2.45) is 0 Å². The van der Waals surface area contributed by atoms with Gasteiger partial charge in [-0.05, 0) is 0 Å². The lowest BCUT2D eigenvalue weighted by molar-refractivity contribution is 0.0514. The summed E-state index contributed by atoms with van der Waals surface area (Å²) in [6, 6.07) is 0. The molecule has 1 rings (SSSR count). The molecule has 0 fully saturated rings. The minimum absolute atomic E-state index is 0.00782. The molecule has 4 N–H and O–H groups in total. The number of alkyl halides is 2. The molecule has 0 aliphatic carbocycles. The summed E-state index contributed by atoms with van der Waals surface area (Å²) >= 11 is 0.984. The fraction of sp³-hybridized carbons (Fsp3) is 0.556. The molecule has 0 bridgehead atoms. The van der Waals surface area contributed by atoms with E-state index in [1.54, 1.807) is 7.05 Å². The summed E-state index contributed by atoms with van der Waals surface area (Å²) in [7, 11) is 1.61. The Balaban J connectivity index is 2.90. The number of anilines is 2. The van der Waals surface area contributed by atoms with Crippen molar-refractivity contribution in [3.05, 3.63) is 4.88 Å². The highest BCUT2D eigenvalue weighted by Gasteiger charge is 2.24. The Hall–Kier alpha value is -1.48. The lowest BCUT2D eigenvalue weighted by Crippen LogP contribution is -2.37. The van der Waals surface area contributed by atoms with Crippen molar-refractivity contribution in [3.63, 3.8) is 0 Å². The molecule has 0 aliphatic heterocycles. The summed E-state index contributed by atoms with van der Waals surface area (Å²) < 4.78 is 24.6. The average Bonchev–Trinajstić information content (AvgIpc) is 2.68. The molecule has 102 valence electrons. The largest absolute Gasteiger partial charge is 0.395 e. The Morgan fingerprint density at radius 2 is 2.33 bits per heavy atom. The highest BCUT2D eigenvalue weighted by atomic mass is 32.1. The van der Waals surface area contributed by atoms with Crippen molar-refractivity contribution in [1.82, 2.24) is 9.88 Å². The van der Waals surface area contributed by atoms with Crippen LogP contribution in [0.15, 0.2) is 0 Å². The molecule has 1 aromatic rings. The van der Waals surface area contributed by atoms with Crippen molar-refractivity contribution in [1.29, 1.82) is 0 Å². The van der Waals surface area contributed by atoms with Gasteiger partial charge < -0.3 is 21.1 Å². The number of hydrogen-bond acceptors (Lipinski definition) is 6. The van der Waals surface area contributed by atoms with Crippen LogP contribution in [-0.4, -0.2) is 54.1 Å². The van der Waals surface area contributed by atoms with Crippen LogP contribution in [0, 0.1) is 0 Å². The topological polar surface area (TPSA) is 91.5 Å². The highest BCUT2D eigenvalue weighted by Crippen LogP contribution is 2.26. The third kappa shape index (κ3) is 3.50. The predicted molar refractivity (Wildman–Crippen MR) is 65.1 cm³/mol. The van der Waals surface area contributed by atoms with Crippen LogP contribution in [-0.2, 0) is 0 Å². The predicted octanol–water partition coefficient (Wildman–Crippen LogP) is 0.467. The molecule has 1 amide bonds. The number of nitrogens with zero attached hydrogens (tertiary/aromatic N) is 2. The van der Waals surface area contributed by atoms with Gasteiger partial charge in [0.25, 0.3) is 12.3 Å². The lowest BCUT2D eigenvalue weighted by Gasteiger charge is -2.20. The van der Waals surface area contributed by atoms with E-state index in [0.29, 0.717) is 5.13 Å². The Kier molecular flexibility index (Phi) is 5.23. The van der Waals surface area contributed by atoms with Gasteiger partial charge in [0.15, 0.2) is 5.13 Å². The fourth-order valence-corrected chi connectivity index (χ4v) is 2.10. The molecule has 0 aromatic carbocycles. The van der Waals surface area contributed by atoms with Gasteiger partial charge >= 0.3 is 0 Å². The van der Waals surface area contributed by atoms with Crippen LogP contribution in [0.1, 0.15) is 9.67 Å². The number of aliphatic hydroxyl groups excluding tert-OH is 1. The summed E-state index contributed by atoms with van der Waals surface area (Å²) in [4.78, 5) is 16.8. The minimum Gasteiger partial charge on any atom is -0.395 e. The standard InChI is InChI=1S/C9H14F2N4O2S/c1-13-9-14-7(12)6(18-9)8(17)15(2-3-16)4-5(10)11/h5,16H,2-4,12H2,1H3,(H,13,14). The van der Waals surface area contributed by atoms with Crippen LogP contribution in [0.3, 0.4) is 0 Å².